The van der Waals surface area contributed by atoms with Crippen LogP contribution in [0, 0.1) is 6.92 Å². The molecule has 0 aromatic heterocycles. The molecule has 1 heterocycles. The zero-order valence-electron chi connectivity index (χ0n) is 18.2. The van der Waals surface area contributed by atoms with Gasteiger partial charge in [-0.1, -0.05) is 48.5 Å². The molecule has 1 aliphatic rings. The third-order valence-electron chi connectivity index (χ3n) is 5.67. The van der Waals surface area contributed by atoms with E-state index in [-0.39, 0.29) is 11.8 Å². The summed E-state index contributed by atoms with van der Waals surface area (Å²) < 4.78 is 0. The molecule has 3 aromatic carbocycles. The van der Waals surface area contributed by atoms with Crippen LogP contribution in [0.5, 0.6) is 0 Å². The molecule has 0 aliphatic carbocycles. The van der Waals surface area contributed by atoms with Gasteiger partial charge < -0.3 is 15.1 Å². The first-order chi connectivity index (χ1) is 15.6. The van der Waals surface area contributed by atoms with Crippen LogP contribution in [-0.2, 0) is 4.79 Å². The molecule has 0 unspecified atom stereocenters. The van der Waals surface area contributed by atoms with Gasteiger partial charge in [-0.3, -0.25) is 9.59 Å². The minimum atomic E-state index is -0.162. The Balaban J connectivity index is 1.30. The van der Waals surface area contributed by atoms with Gasteiger partial charge in [-0.05, 0) is 54.5 Å². The number of carbonyl (C=O) groups excluding carboxylic acids is 2. The highest BCUT2D eigenvalue weighted by molar-refractivity contribution is 6.02. The van der Waals surface area contributed by atoms with Crippen molar-refractivity contribution < 1.29 is 9.59 Å². The van der Waals surface area contributed by atoms with Gasteiger partial charge in [0.2, 0.25) is 5.91 Å². The van der Waals surface area contributed by atoms with E-state index in [0.29, 0.717) is 13.1 Å². The Labute approximate surface area is 189 Å². The van der Waals surface area contributed by atoms with E-state index in [1.807, 2.05) is 90.7 Å². The quantitative estimate of drug-likeness (QED) is 0.608. The van der Waals surface area contributed by atoms with Gasteiger partial charge in [0.1, 0.15) is 0 Å². The van der Waals surface area contributed by atoms with E-state index < -0.39 is 0 Å². The lowest BCUT2D eigenvalue weighted by Gasteiger charge is -2.36. The Bertz CT molecular complexity index is 1100. The summed E-state index contributed by atoms with van der Waals surface area (Å²) >= 11 is 0. The largest absolute Gasteiger partial charge is 0.368 e. The fourth-order valence-electron chi connectivity index (χ4n) is 3.83. The van der Waals surface area contributed by atoms with Crippen molar-refractivity contribution in [1.82, 2.24) is 4.90 Å². The molecule has 0 radical (unpaired) electrons. The minimum absolute atomic E-state index is 0.101. The molecule has 5 nitrogen and oxygen atoms in total. The number of nitrogens with one attached hydrogen (secondary N) is 1. The number of anilines is 2. The van der Waals surface area contributed by atoms with Crippen LogP contribution in [0.25, 0.3) is 6.08 Å². The summed E-state index contributed by atoms with van der Waals surface area (Å²) in [7, 11) is 0. The fourth-order valence-corrected chi connectivity index (χ4v) is 3.83. The highest BCUT2D eigenvalue weighted by Gasteiger charge is 2.23. The molecule has 4 rings (SSSR count). The second-order valence-electron chi connectivity index (χ2n) is 7.87. The highest BCUT2D eigenvalue weighted by atomic mass is 16.2. The lowest BCUT2D eigenvalue weighted by Crippen LogP contribution is -2.48. The zero-order valence-corrected chi connectivity index (χ0v) is 18.2. The smallest absolute Gasteiger partial charge is 0.254 e. The maximum atomic E-state index is 12.8. The Morgan fingerprint density at radius 2 is 1.47 bits per heavy atom. The van der Waals surface area contributed by atoms with Crippen molar-refractivity contribution in [2.45, 2.75) is 6.92 Å². The van der Waals surface area contributed by atoms with Crippen molar-refractivity contribution in [2.75, 3.05) is 36.4 Å². The number of amides is 2. The molecule has 1 aliphatic heterocycles. The van der Waals surface area contributed by atoms with E-state index in [0.717, 1.165) is 41.2 Å². The van der Waals surface area contributed by atoms with Crippen LogP contribution in [-0.4, -0.2) is 42.9 Å². The standard InChI is InChI=1S/C27H27N3O2/c1-21-7-5-6-10-25(21)27(32)30-19-17-29(18-20-30)24-14-12-23(13-15-24)28-26(31)16-11-22-8-3-2-4-9-22/h2-16H,17-20H2,1H3,(H,28,31)/b16-11+. The molecule has 0 atom stereocenters. The van der Waals surface area contributed by atoms with Crippen LogP contribution in [0.15, 0.2) is 84.9 Å². The predicted octanol–water partition coefficient (Wildman–Crippen LogP) is 4.61. The average molecular weight is 426 g/mol. The molecule has 0 saturated carbocycles. The van der Waals surface area contributed by atoms with Gasteiger partial charge in [0.05, 0.1) is 0 Å². The van der Waals surface area contributed by atoms with E-state index in [1.54, 1.807) is 6.08 Å². The van der Waals surface area contributed by atoms with Crippen molar-refractivity contribution in [3.05, 3.63) is 102 Å². The summed E-state index contributed by atoms with van der Waals surface area (Å²) in [4.78, 5) is 29.2. The van der Waals surface area contributed by atoms with Gasteiger partial charge in [0.15, 0.2) is 0 Å². The molecule has 5 heteroatoms. The molecule has 2 amide bonds. The molecule has 1 saturated heterocycles. The van der Waals surface area contributed by atoms with Crippen molar-refractivity contribution >= 4 is 29.3 Å². The summed E-state index contributed by atoms with van der Waals surface area (Å²) in [5, 5.41) is 2.89. The first-order valence-corrected chi connectivity index (χ1v) is 10.8. The molecule has 0 spiro atoms. The van der Waals surface area contributed by atoms with Crippen molar-refractivity contribution in [2.24, 2.45) is 0 Å². The molecular formula is C27H27N3O2. The van der Waals surface area contributed by atoms with E-state index in [9.17, 15) is 9.59 Å². The molecule has 162 valence electrons. The van der Waals surface area contributed by atoms with Crippen LogP contribution >= 0.6 is 0 Å². The van der Waals surface area contributed by atoms with Gasteiger partial charge in [-0.2, -0.15) is 0 Å². The summed E-state index contributed by atoms with van der Waals surface area (Å²) in [5.74, 6) is -0.0608. The van der Waals surface area contributed by atoms with Crippen molar-refractivity contribution in [3.63, 3.8) is 0 Å². The van der Waals surface area contributed by atoms with Gasteiger partial charge in [0.25, 0.3) is 5.91 Å². The third-order valence-corrected chi connectivity index (χ3v) is 5.67. The van der Waals surface area contributed by atoms with Crippen LogP contribution in [0.4, 0.5) is 11.4 Å². The third kappa shape index (κ3) is 5.24. The van der Waals surface area contributed by atoms with E-state index in [2.05, 4.69) is 10.2 Å². The summed E-state index contributed by atoms with van der Waals surface area (Å²) in [6.07, 6.45) is 3.33. The van der Waals surface area contributed by atoms with Gasteiger partial charge in [-0.15, -0.1) is 0 Å². The Morgan fingerprint density at radius 1 is 0.812 bits per heavy atom. The summed E-state index contributed by atoms with van der Waals surface area (Å²) in [5.41, 5.74) is 4.62. The maximum Gasteiger partial charge on any atom is 0.254 e. The second kappa shape index (κ2) is 9.96. The molecule has 3 aromatic rings. The van der Waals surface area contributed by atoms with Crippen molar-refractivity contribution in [1.29, 1.82) is 0 Å². The first kappa shape index (κ1) is 21.4. The summed E-state index contributed by atoms with van der Waals surface area (Å²) in [6, 6.07) is 25.3. The Morgan fingerprint density at radius 3 is 2.16 bits per heavy atom. The number of aryl methyl sites for hydroxylation is 1. The number of nitrogens with zero attached hydrogens (tertiary/aromatic N) is 2. The average Bonchev–Trinajstić information content (AvgIpc) is 2.84. The fraction of sp³-hybridized carbons (Fsp3) is 0.185. The van der Waals surface area contributed by atoms with E-state index in [1.165, 1.54) is 6.08 Å². The molecular weight excluding hydrogens is 398 g/mol. The predicted molar refractivity (Wildman–Crippen MR) is 130 cm³/mol. The lowest BCUT2D eigenvalue weighted by molar-refractivity contribution is -0.111. The first-order valence-electron chi connectivity index (χ1n) is 10.8. The highest BCUT2D eigenvalue weighted by Crippen LogP contribution is 2.21. The summed E-state index contributed by atoms with van der Waals surface area (Å²) in [6.45, 7) is 4.92. The number of carbonyl (C=O) groups is 2. The monoisotopic (exact) mass is 425 g/mol. The Hall–Kier alpha value is -3.86. The zero-order chi connectivity index (χ0) is 22.3. The molecule has 1 fully saturated rings. The number of benzene rings is 3. The van der Waals surface area contributed by atoms with Gasteiger partial charge in [0, 0.05) is 49.2 Å². The lowest BCUT2D eigenvalue weighted by atomic mass is 10.1. The minimum Gasteiger partial charge on any atom is -0.368 e. The SMILES string of the molecule is Cc1ccccc1C(=O)N1CCN(c2ccc(NC(=O)/C=C/c3ccccc3)cc2)CC1. The van der Waals surface area contributed by atoms with E-state index in [4.69, 9.17) is 0 Å². The number of hydrogen-bond donors (Lipinski definition) is 1. The Kier molecular flexibility index (Phi) is 6.66. The van der Waals surface area contributed by atoms with Crippen LogP contribution in [0.2, 0.25) is 0 Å². The van der Waals surface area contributed by atoms with Crippen LogP contribution in [0.3, 0.4) is 0 Å². The number of piperazine rings is 1. The van der Waals surface area contributed by atoms with Crippen LogP contribution in [0.1, 0.15) is 21.5 Å². The number of rotatable bonds is 5. The van der Waals surface area contributed by atoms with Crippen LogP contribution < -0.4 is 10.2 Å². The second-order valence-corrected chi connectivity index (χ2v) is 7.87. The van der Waals surface area contributed by atoms with Crippen molar-refractivity contribution in [3.8, 4) is 0 Å². The normalized spacial score (nSPS) is 13.9. The maximum absolute atomic E-state index is 12.8. The van der Waals surface area contributed by atoms with E-state index >= 15 is 0 Å². The van der Waals surface area contributed by atoms with Gasteiger partial charge in [-0.25, -0.2) is 0 Å². The molecule has 0 bridgehead atoms. The molecule has 32 heavy (non-hydrogen) atoms. The van der Waals surface area contributed by atoms with Gasteiger partial charge >= 0.3 is 0 Å². The topological polar surface area (TPSA) is 52.7 Å². The number of hydrogen-bond acceptors (Lipinski definition) is 3. The molecule has 1 N–H and O–H groups in total.